The number of rotatable bonds is 2. The van der Waals surface area contributed by atoms with Crippen molar-refractivity contribution in [2.45, 2.75) is 19.5 Å². The van der Waals surface area contributed by atoms with Gasteiger partial charge in [-0.05, 0) is 0 Å². The van der Waals surface area contributed by atoms with Crippen LogP contribution in [0.3, 0.4) is 0 Å². The molecule has 0 radical (unpaired) electrons. The van der Waals surface area contributed by atoms with Crippen molar-refractivity contribution < 1.29 is 0 Å². The van der Waals surface area contributed by atoms with Crippen molar-refractivity contribution >= 4 is 48.2 Å². The topological polar surface area (TPSA) is 4.93 Å². The molecule has 0 atom stereocenters. The van der Waals surface area contributed by atoms with E-state index in [0.717, 1.165) is 6.42 Å². The van der Waals surface area contributed by atoms with Gasteiger partial charge in [0.25, 0.3) is 0 Å². The number of allylic oxidation sites excluding steroid dienone is 1. The van der Waals surface area contributed by atoms with Crippen LogP contribution in [0.25, 0.3) is 17.0 Å². The summed E-state index contributed by atoms with van der Waals surface area (Å²) >= 11 is 3.67. The molecule has 108 valence electrons. The van der Waals surface area contributed by atoms with Crippen LogP contribution in [0.15, 0.2) is 58.1 Å². The Hall–Kier alpha value is -1.39. The summed E-state index contributed by atoms with van der Waals surface area (Å²) in [5.74, 6) is 2.23. The standard InChI is InChI=1S/C18H17BBrNSi/c1-22(2,15-10-13-6-3-4-7-14(13)11-15)21-18-9-5-8-17(20)16(18)12-19-21/h3-10,12H,11H2,1-2H3. The molecule has 4 rings (SSSR count). The third kappa shape index (κ3) is 2.09. The van der Waals surface area contributed by atoms with E-state index in [4.69, 9.17) is 0 Å². The van der Waals surface area contributed by atoms with Crippen molar-refractivity contribution in [3.8, 4) is 0 Å². The van der Waals surface area contributed by atoms with Crippen LogP contribution in [-0.2, 0) is 6.42 Å². The van der Waals surface area contributed by atoms with Gasteiger partial charge >= 0.3 is 141 Å². The molecule has 1 aliphatic carbocycles. The summed E-state index contributed by atoms with van der Waals surface area (Å²) in [6.07, 6.45) is 3.52. The zero-order valence-corrected chi connectivity index (χ0v) is 15.4. The second-order valence-corrected chi connectivity index (χ2v) is 11.6. The van der Waals surface area contributed by atoms with E-state index in [1.165, 1.54) is 26.5 Å². The number of aromatic nitrogens is 1. The summed E-state index contributed by atoms with van der Waals surface area (Å²) in [5, 5.41) is 2.91. The molecule has 1 heterocycles. The Labute approximate surface area is 141 Å². The molecule has 1 nitrogen and oxygen atoms in total. The van der Waals surface area contributed by atoms with Crippen LogP contribution in [0.2, 0.25) is 13.1 Å². The zero-order valence-electron chi connectivity index (χ0n) is 12.8. The minimum atomic E-state index is -1.72. The van der Waals surface area contributed by atoms with E-state index in [-0.39, 0.29) is 0 Å². The summed E-state index contributed by atoms with van der Waals surface area (Å²) in [5.41, 5.74) is 4.20. The predicted molar refractivity (Wildman–Crippen MR) is 102 cm³/mol. The number of benzene rings is 2. The van der Waals surface area contributed by atoms with E-state index < -0.39 is 8.24 Å². The Kier molecular flexibility index (Phi) is 3.28. The molecule has 1 aliphatic rings. The molecule has 22 heavy (non-hydrogen) atoms. The molecular formula is C18H17BBrNSi. The number of halogens is 1. The fourth-order valence-electron chi connectivity index (χ4n) is 3.45. The summed E-state index contributed by atoms with van der Waals surface area (Å²) in [6.45, 7) is 4.90. The van der Waals surface area contributed by atoms with Gasteiger partial charge in [0.1, 0.15) is 0 Å². The molecular weight excluding hydrogens is 349 g/mol. The van der Waals surface area contributed by atoms with E-state index in [2.05, 4.69) is 94.7 Å². The molecule has 1 aromatic heterocycles. The van der Waals surface area contributed by atoms with Crippen molar-refractivity contribution in [1.82, 2.24) is 4.14 Å². The molecule has 3 aromatic rings. The average molecular weight is 366 g/mol. The van der Waals surface area contributed by atoms with Gasteiger partial charge in [-0.2, -0.15) is 0 Å². The van der Waals surface area contributed by atoms with E-state index in [1.807, 2.05) is 0 Å². The molecule has 0 saturated carbocycles. The first kappa shape index (κ1) is 14.2. The molecule has 0 saturated heterocycles. The molecule has 4 heteroatoms. The Morgan fingerprint density at radius 1 is 1.09 bits per heavy atom. The summed E-state index contributed by atoms with van der Waals surface area (Å²) in [4.78, 5) is 0. The number of fused-ring (bicyclic) bond motifs is 2. The predicted octanol–water partition coefficient (Wildman–Crippen LogP) is 4.97. The molecule has 0 amide bonds. The van der Waals surface area contributed by atoms with Crippen LogP contribution < -0.4 is 0 Å². The van der Waals surface area contributed by atoms with Gasteiger partial charge in [-0.1, -0.05) is 0 Å². The fraction of sp³-hybridized carbons (Fsp3) is 0.167. The molecule has 2 aromatic carbocycles. The first-order valence-electron chi connectivity index (χ1n) is 7.62. The van der Waals surface area contributed by atoms with Gasteiger partial charge in [0.05, 0.1) is 0 Å². The molecule has 0 fully saturated rings. The van der Waals surface area contributed by atoms with Crippen LogP contribution >= 0.6 is 15.9 Å². The number of nitrogens with zero attached hydrogens (tertiary/aromatic N) is 1. The average Bonchev–Trinajstić information content (AvgIpc) is 3.12. The maximum absolute atomic E-state index is 3.67. The second kappa shape index (κ2) is 5.07. The fourth-order valence-corrected chi connectivity index (χ4v) is 6.62. The quantitative estimate of drug-likeness (QED) is 0.564. The van der Waals surface area contributed by atoms with Gasteiger partial charge in [-0.25, -0.2) is 0 Å². The van der Waals surface area contributed by atoms with Crippen molar-refractivity contribution in [1.29, 1.82) is 0 Å². The van der Waals surface area contributed by atoms with Gasteiger partial charge in [0.15, 0.2) is 0 Å². The van der Waals surface area contributed by atoms with Crippen LogP contribution in [0.5, 0.6) is 0 Å². The minimum absolute atomic E-state index is 1.10. The Morgan fingerprint density at radius 3 is 2.73 bits per heavy atom. The van der Waals surface area contributed by atoms with Crippen LogP contribution in [0, 0.1) is 0 Å². The number of hydrogen-bond acceptors (Lipinski definition) is 0. The first-order chi connectivity index (χ1) is 10.6. The van der Waals surface area contributed by atoms with Crippen LogP contribution in [-0.4, -0.2) is 19.4 Å². The summed E-state index contributed by atoms with van der Waals surface area (Å²) < 4.78 is 3.71. The SMILES string of the molecule is C[Si](C)(C1=Cc2ccccc2C1)n1bcc2c(Br)cccc21. The third-order valence-corrected chi connectivity index (χ3v) is 9.01. The molecule has 0 bridgehead atoms. The zero-order chi connectivity index (χ0) is 15.3. The summed E-state index contributed by atoms with van der Waals surface area (Å²) in [7, 11) is 0.547. The van der Waals surface area contributed by atoms with Gasteiger partial charge in [-0.15, -0.1) is 0 Å². The molecule has 0 aliphatic heterocycles. The monoisotopic (exact) mass is 365 g/mol. The molecule has 0 spiro atoms. The van der Waals surface area contributed by atoms with Crippen molar-refractivity contribution in [2.75, 3.05) is 0 Å². The Balaban J connectivity index is 1.83. The molecule has 0 N–H and O–H groups in total. The van der Waals surface area contributed by atoms with E-state index in [9.17, 15) is 0 Å². The first-order valence-corrected chi connectivity index (χ1v) is 11.4. The van der Waals surface area contributed by atoms with Gasteiger partial charge in [-0.3, -0.25) is 0 Å². The van der Waals surface area contributed by atoms with E-state index >= 15 is 0 Å². The van der Waals surface area contributed by atoms with Crippen LogP contribution in [0.1, 0.15) is 11.1 Å². The van der Waals surface area contributed by atoms with E-state index in [1.54, 1.807) is 5.20 Å². The number of hydrogen-bond donors (Lipinski definition) is 0. The Morgan fingerprint density at radius 2 is 1.91 bits per heavy atom. The van der Waals surface area contributed by atoms with E-state index in [0.29, 0.717) is 0 Å². The second-order valence-electron chi connectivity index (χ2n) is 6.46. The van der Waals surface area contributed by atoms with Gasteiger partial charge in [0.2, 0.25) is 0 Å². The van der Waals surface area contributed by atoms with Gasteiger partial charge in [0, 0.05) is 0 Å². The van der Waals surface area contributed by atoms with Gasteiger partial charge < -0.3 is 0 Å². The molecule has 0 unspecified atom stereocenters. The summed E-state index contributed by atoms with van der Waals surface area (Å²) in [6, 6.07) is 15.3. The van der Waals surface area contributed by atoms with Crippen LogP contribution in [0.4, 0.5) is 0 Å². The van der Waals surface area contributed by atoms with Crippen molar-refractivity contribution in [3.63, 3.8) is 0 Å². The van der Waals surface area contributed by atoms with Crippen molar-refractivity contribution in [2.24, 2.45) is 0 Å². The maximum atomic E-state index is 3.67. The Bertz CT molecular complexity index is 910. The third-order valence-electron chi connectivity index (χ3n) is 4.83. The van der Waals surface area contributed by atoms with Crippen molar-refractivity contribution in [3.05, 3.63) is 69.2 Å². The normalized spacial score (nSPS) is 14.0.